The number of hydrogen-bond donors (Lipinski definition) is 1. The van der Waals surface area contributed by atoms with E-state index in [4.69, 9.17) is 11.6 Å². The molecule has 6 nitrogen and oxygen atoms in total. The highest BCUT2D eigenvalue weighted by atomic mass is 35.5. The molecule has 8 heteroatoms. The van der Waals surface area contributed by atoms with E-state index in [1.807, 2.05) is 0 Å². The number of sulfonamides is 1. The van der Waals surface area contributed by atoms with E-state index >= 15 is 0 Å². The normalized spacial score (nSPS) is 24.7. The zero-order valence-corrected chi connectivity index (χ0v) is 13.2. The largest absolute Gasteiger partial charge is 0.326 e. The van der Waals surface area contributed by atoms with Gasteiger partial charge in [-0.1, -0.05) is 11.6 Å². The second-order valence-electron chi connectivity index (χ2n) is 5.56. The molecule has 1 aromatic rings. The summed E-state index contributed by atoms with van der Waals surface area (Å²) in [6.07, 6.45) is 4.46. The molecule has 116 valence electrons. The van der Waals surface area contributed by atoms with Crippen molar-refractivity contribution in [3.05, 3.63) is 27.6 Å². The second kappa shape index (κ2) is 5.72. The zero-order chi connectivity index (χ0) is 15.0. The highest BCUT2D eigenvalue weighted by molar-refractivity contribution is 7.89. The van der Waals surface area contributed by atoms with Crippen molar-refractivity contribution in [3.63, 3.8) is 0 Å². The minimum Gasteiger partial charge on any atom is -0.326 e. The standard InChI is InChI=1S/C13H18ClN3O3S/c14-12-7-11(8-15-13(12)18)21(19,20)17-6-3-10(9-17)16-4-1-2-5-16/h7-8,10H,1-6,9H2,(H,15,18). The third-order valence-corrected chi connectivity index (χ3v) is 6.38. The monoisotopic (exact) mass is 331 g/mol. The van der Waals surface area contributed by atoms with Crippen LogP contribution in [0, 0.1) is 0 Å². The third-order valence-electron chi connectivity index (χ3n) is 4.25. The maximum absolute atomic E-state index is 12.6. The predicted molar refractivity (Wildman–Crippen MR) is 80.0 cm³/mol. The molecule has 1 N–H and O–H groups in total. The molecule has 2 saturated heterocycles. The summed E-state index contributed by atoms with van der Waals surface area (Å²) in [5.74, 6) is 0. The Morgan fingerprint density at radius 3 is 2.62 bits per heavy atom. The van der Waals surface area contributed by atoms with Crippen LogP contribution in [-0.4, -0.2) is 54.8 Å². The summed E-state index contributed by atoms with van der Waals surface area (Å²) < 4.78 is 26.7. The van der Waals surface area contributed by atoms with Gasteiger partial charge in [0.1, 0.15) is 5.02 Å². The van der Waals surface area contributed by atoms with Crippen molar-refractivity contribution in [3.8, 4) is 0 Å². The van der Waals surface area contributed by atoms with E-state index in [0.29, 0.717) is 19.1 Å². The Hall–Kier alpha value is -0.890. The lowest BCUT2D eigenvalue weighted by Crippen LogP contribution is -2.37. The molecule has 0 radical (unpaired) electrons. The molecule has 1 unspecified atom stereocenters. The number of aromatic amines is 1. The average Bonchev–Trinajstić information content (AvgIpc) is 3.11. The van der Waals surface area contributed by atoms with Gasteiger partial charge in [0.15, 0.2) is 0 Å². The Balaban J connectivity index is 1.79. The molecular formula is C13H18ClN3O3S. The minimum atomic E-state index is -3.59. The van der Waals surface area contributed by atoms with Crippen LogP contribution in [-0.2, 0) is 10.0 Å². The van der Waals surface area contributed by atoms with Gasteiger partial charge in [-0.2, -0.15) is 4.31 Å². The van der Waals surface area contributed by atoms with Gasteiger partial charge in [-0.15, -0.1) is 0 Å². The lowest BCUT2D eigenvalue weighted by molar-refractivity contribution is 0.251. The first-order chi connectivity index (χ1) is 9.98. The third kappa shape index (κ3) is 2.88. The fourth-order valence-corrected chi connectivity index (χ4v) is 4.79. The number of hydrogen-bond acceptors (Lipinski definition) is 4. The van der Waals surface area contributed by atoms with Crippen molar-refractivity contribution in [1.29, 1.82) is 0 Å². The summed E-state index contributed by atoms with van der Waals surface area (Å²) in [6, 6.07) is 1.53. The van der Waals surface area contributed by atoms with Crippen LogP contribution in [0.3, 0.4) is 0 Å². The fraction of sp³-hybridized carbons (Fsp3) is 0.615. The van der Waals surface area contributed by atoms with Crippen molar-refractivity contribution in [1.82, 2.24) is 14.2 Å². The molecule has 3 rings (SSSR count). The predicted octanol–water partition coefficient (Wildman–Crippen LogP) is 0.887. The van der Waals surface area contributed by atoms with Crippen molar-refractivity contribution >= 4 is 21.6 Å². The molecule has 0 aliphatic carbocycles. The van der Waals surface area contributed by atoms with Gasteiger partial charge in [-0.05, 0) is 38.4 Å². The Kier molecular flexibility index (Phi) is 4.09. The van der Waals surface area contributed by atoms with Gasteiger partial charge in [0.05, 0.1) is 4.90 Å². The first kappa shape index (κ1) is 15.0. The summed E-state index contributed by atoms with van der Waals surface area (Å²) in [5.41, 5.74) is -0.480. The Morgan fingerprint density at radius 1 is 1.24 bits per heavy atom. The molecule has 2 aliphatic rings. The Labute approximate surface area is 128 Å². The number of H-pyrrole nitrogens is 1. The molecule has 1 aromatic heterocycles. The summed E-state index contributed by atoms with van der Waals surface area (Å²) in [5, 5.41) is -0.105. The van der Waals surface area contributed by atoms with Crippen LogP contribution in [0.4, 0.5) is 0 Å². The molecule has 0 bridgehead atoms. The van der Waals surface area contributed by atoms with E-state index in [2.05, 4.69) is 9.88 Å². The lowest BCUT2D eigenvalue weighted by Gasteiger charge is -2.23. The zero-order valence-electron chi connectivity index (χ0n) is 11.6. The number of aromatic nitrogens is 1. The molecule has 21 heavy (non-hydrogen) atoms. The van der Waals surface area contributed by atoms with Gasteiger partial charge in [-0.25, -0.2) is 8.42 Å². The van der Waals surface area contributed by atoms with Crippen LogP contribution >= 0.6 is 11.6 Å². The molecule has 0 saturated carbocycles. The molecule has 0 aromatic carbocycles. The maximum atomic E-state index is 12.6. The quantitative estimate of drug-likeness (QED) is 0.892. The second-order valence-corrected chi connectivity index (χ2v) is 7.91. The molecule has 2 aliphatic heterocycles. The van der Waals surface area contributed by atoms with Gasteiger partial charge in [0.25, 0.3) is 5.56 Å². The number of pyridine rings is 1. The van der Waals surface area contributed by atoms with E-state index in [-0.39, 0.29) is 9.92 Å². The number of nitrogens with zero attached hydrogens (tertiary/aromatic N) is 2. The summed E-state index contributed by atoms with van der Waals surface area (Å²) in [4.78, 5) is 16.0. The van der Waals surface area contributed by atoms with Crippen LogP contribution in [0.5, 0.6) is 0 Å². The van der Waals surface area contributed by atoms with Crippen LogP contribution in [0.25, 0.3) is 0 Å². The SMILES string of the molecule is O=c1[nH]cc(S(=O)(=O)N2CCC(N3CCCC3)C2)cc1Cl. The van der Waals surface area contributed by atoms with Crippen LogP contribution in [0.15, 0.2) is 22.0 Å². The molecule has 3 heterocycles. The van der Waals surface area contributed by atoms with Gasteiger partial charge in [0, 0.05) is 25.3 Å². The highest BCUT2D eigenvalue weighted by Gasteiger charge is 2.36. The number of nitrogens with one attached hydrogen (secondary N) is 1. The van der Waals surface area contributed by atoms with Crippen LogP contribution in [0.2, 0.25) is 5.02 Å². The minimum absolute atomic E-state index is 0.0502. The van der Waals surface area contributed by atoms with E-state index in [1.54, 1.807) is 0 Å². The van der Waals surface area contributed by atoms with Crippen molar-refractivity contribution in [2.45, 2.75) is 30.2 Å². The van der Waals surface area contributed by atoms with Crippen LogP contribution in [0.1, 0.15) is 19.3 Å². The van der Waals surface area contributed by atoms with E-state index in [0.717, 1.165) is 19.5 Å². The molecule has 2 fully saturated rings. The van der Waals surface area contributed by atoms with Crippen molar-refractivity contribution in [2.75, 3.05) is 26.2 Å². The van der Waals surface area contributed by atoms with Gasteiger partial charge >= 0.3 is 0 Å². The molecule has 0 amide bonds. The fourth-order valence-electron chi connectivity index (χ4n) is 3.07. The smallest absolute Gasteiger partial charge is 0.266 e. The number of likely N-dealkylation sites (tertiary alicyclic amines) is 1. The molecule has 1 atom stereocenters. The molecular weight excluding hydrogens is 314 g/mol. The first-order valence-corrected chi connectivity index (χ1v) is 8.93. The van der Waals surface area contributed by atoms with Gasteiger partial charge in [-0.3, -0.25) is 9.69 Å². The summed E-state index contributed by atoms with van der Waals surface area (Å²) >= 11 is 5.72. The van der Waals surface area contributed by atoms with Gasteiger partial charge in [0.2, 0.25) is 10.0 Å². The Morgan fingerprint density at radius 2 is 1.95 bits per heavy atom. The highest BCUT2D eigenvalue weighted by Crippen LogP contribution is 2.25. The Bertz CT molecular complexity index is 682. The van der Waals surface area contributed by atoms with Gasteiger partial charge < -0.3 is 4.98 Å². The van der Waals surface area contributed by atoms with Crippen molar-refractivity contribution < 1.29 is 8.42 Å². The number of halogens is 1. The number of rotatable bonds is 3. The van der Waals surface area contributed by atoms with E-state index < -0.39 is 15.6 Å². The maximum Gasteiger partial charge on any atom is 0.266 e. The topological polar surface area (TPSA) is 73.5 Å². The van der Waals surface area contributed by atoms with Crippen molar-refractivity contribution in [2.24, 2.45) is 0 Å². The van der Waals surface area contributed by atoms with Crippen LogP contribution < -0.4 is 5.56 Å². The first-order valence-electron chi connectivity index (χ1n) is 7.11. The van der Waals surface area contributed by atoms with E-state index in [9.17, 15) is 13.2 Å². The average molecular weight is 332 g/mol. The van der Waals surface area contributed by atoms with E-state index in [1.165, 1.54) is 29.4 Å². The molecule has 0 spiro atoms. The summed E-state index contributed by atoms with van der Waals surface area (Å²) in [7, 11) is -3.59. The summed E-state index contributed by atoms with van der Waals surface area (Å²) in [6.45, 7) is 3.14. The lowest BCUT2D eigenvalue weighted by atomic mass is 10.2.